The van der Waals surface area contributed by atoms with Crippen LogP contribution in [0.25, 0.3) is 0 Å². The summed E-state index contributed by atoms with van der Waals surface area (Å²) in [5, 5.41) is 13.1. The third kappa shape index (κ3) is 4.68. The molecule has 1 saturated heterocycles. The first-order valence-corrected chi connectivity index (χ1v) is 8.35. The van der Waals surface area contributed by atoms with Gasteiger partial charge in [0.05, 0.1) is 25.9 Å². The Kier molecular flexibility index (Phi) is 6.48. The van der Waals surface area contributed by atoms with Crippen LogP contribution in [0.4, 0.5) is 5.69 Å². The van der Waals surface area contributed by atoms with Gasteiger partial charge in [0.2, 0.25) is 0 Å². The first kappa shape index (κ1) is 16.7. The zero-order valence-corrected chi connectivity index (χ0v) is 14.4. The van der Waals surface area contributed by atoms with Gasteiger partial charge < -0.3 is 20.1 Å². The standard InChI is InChI=1S/C16H25BrN2O2/c1-12(2)8-18-9-13-7-14(17)3-4-16(13)19-5-6-21-11-15(19)10-20/h3-4,7,12,15,18,20H,5-6,8-11H2,1-2H3. The van der Waals surface area contributed by atoms with Gasteiger partial charge in [-0.2, -0.15) is 0 Å². The third-order valence-electron chi connectivity index (χ3n) is 3.66. The molecule has 1 atom stereocenters. The highest BCUT2D eigenvalue weighted by Crippen LogP contribution is 2.27. The minimum atomic E-state index is 0.0452. The van der Waals surface area contributed by atoms with E-state index < -0.39 is 0 Å². The highest BCUT2D eigenvalue weighted by Gasteiger charge is 2.24. The zero-order chi connectivity index (χ0) is 15.2. The largest absolute Gasteiger partial charge is 0.394 e. The number of aliphatic hydroxyl groups is 1. The molecule has 0 aliphatic carbocycles. The quantitative estimate of drug-likeness (QED) is 0.821. The maximum absolute atomic E-state index is 9.57. The number of hydrogen-bond donors (Lipinski definition) is 2. The number of rotatable bonds is 6. The predicted molar refractivity (Wildman–Crippen MR) is 89.7 cm³/mol. The smallest absolute Gasteiger partial charge is 0.0755 e. The molecule has 0 spiro atoms. The van der Waals surface area contributed by atoms with Gasteiger partial charge in [-0.1, -0.05) is 29.8 Å². The zero-order valence-electron chi connectivity index (χ0n) is 12.8. The van der Waals surface area contributed by atoms with E-state index in [1.807, 2.05) is 0 Å². The van der Waals surface area contributed by atoms with Crippen LogP contribution in [-0.2, 0) is 11.3 Å². The molecular weight excluding hydrogens is 332 g/mol. The van der Waals surface area contributed by atoms with Crippen LogP contribution in [0.5, 0.6) is 0 Å². The summed E-state index contributed by atoms with van der Waals surface area (Å²) >= 11 is 3.55. The molecule has 1 aliphatic heterocycles. The van der Waals surface area contributed by atoms with Crippen LogP contribution in [0.3, 0.4) is 0 Å². The van der Waals surface area contributed by atoms with E-state index in [1.54, 1.807) is 0 Å². The van der Waals surface area contributed by atoms with Gasteiger partial charge in [0.1, 0.15) is 0 Å². The first-order chi connectivity index (χ1) is 10.1. The van der Waals surface area contributed by atoms with E-state index in [0.717, 1.165) is 24.1 Å². The highest BCUT2D eigenvalue weighted by molar-refractivity contribution is 9.10. The Bertz CT molecular complexity index is 454. The molecule has 1 heterocycles. The average molecular weight is 357 g/mol. The van der Waals surface area contributed by atoms with E-state index in [0.29, 0.717) is 19.1 Å². The molecule has 0 amide bonds. The first-order valence-electron chi connectivity index (χ1n) is 7.56. The summed E-state index contributed by atoms with van der Waals surface area (Å²) in [5.41, 5.74) is 2.45. The van der Waals surface area contributed by atoms with Gasteiger partial charge in [0.25, 0.3) is 0 Å². The van der Waals surface area contributed by atoms with Crippen molar-refractivity contribution in [3.8, 4) is 0 Å². The molecule has 21 heavy (non-hydrogen) atoms. The second kappa shape index (κ2) is 8.13. The van der Waals surface area contributed by atoms with Crippen LogP contribution >= 0.6 is 15.9 Å². The van der Waals surface area contributed by atoms with Gasteiger partial charge in [0.15, 0.2) is 0 Å². The summed E-state index contributed by atoms with van der Waals surface area (Å²) in [6.07, 6.45) is 0. The van der Waals surface area contributed by atoms with Gasteiger partial charge in [-0.15, -0.1) is 0 Å². The second-order valence-electron chi connectivity index (χ2n) is 5.90. The summed E-state index contributed by atoms with van der Waals surface area (Å²) in [7, 11) is 0. The van der Waals surface area contributed by atoms with E-state index in [4.69, 9.17) is 4.74 Å². The maximum Gasteiger partial charge on any atom is 0.0755 e. The number of anilines is 1. The molecule has 1 aliphatic rings. The Morgan fingerprint density at radius 2 is 2.29 bits per heavy atom. The molecule has 118 valence electrons. The summed E-state index contributed by atoms with van der Waals surface area (Å²) in [6.45, 7) is 8.49. The summed E-state index contributed by atoms with van der Waals surface area (Å²) in [4.78, 5) is 2.27. The van der Waals surface area contributed by atoms with Crippen molar-refractivity contribution in [1.29, 1.82) is 0 Å². The fourth-order valence-corrected chi connectivity index (χ4v) is 3.00. The van der Waals surface area contributed by atoms with Crippen LogP contribution in [0.15, 0.2) is 22.7 Å². The SMILES string of the molecule is CC(C)CNCc1cc(Br)ccc1N1CCOCC1CO. The van der Waals surface area contributed by atoms with Gasteiger partial charge in [-0.05, 0) is 36.2 Å². The van der Waals surface area contributed by atoms with Crippen molar-refractivity contribution >= 4 is 21.6 Å². The monoisotopic (exact) mass is 356 g/mol. The number of nitrogens with one attached hydrogen (secondary N) is 1. The van der Waals surface area contributed by atoms with Crippen LogP contribution in [-0.4, -0.2) is 44.1 Å². The number of nitrogens with zero attached hydrogens (tertiary/aromatic N) is 1. The second-order valence-corrected chi connectivity index (χ2v) is 6.82. The van der Waals surface area contributed by atoms with Crippen LogP contribution in [0.1, 0.15) is 19.4 Å². The van der Waals surface area contributed by atoms with Crippen LogP contribution < -0.4 is 10.2 Å². The number of benzene rings is 1. The Hall–Kier alpha value is -0.620. The van der Waals surface area contributed by atoms with Crippen molar-refractivity contribution in [1.82, 2.24) is 5.32 Å². The number of morpholine rings is 1. The fourth-order valence-electron chi connectivity index (χ4n) is 2.59. The predicted octanol–water partition coefficient (Wildman–Crippen LogP) is 2.39. The third-order valence-corrected chi connectivity index (χ3v) is 4.15. The fraction of sp³-hybridized carbons (Fsp3) is 0.625. The molecule has 2 N–H and O–H groups in total. The van der Waals surface area contributed by atoms with Crippen LogP contribution in [0.2, 0.25) is 0 Å². The lowest BCUT2D eigenvalue weighted by atomic mass is 10.1. The molecular formula is C16H25BrN2O2. The summed E-state index contributed by atoms with van der Waals surface area (Å²) < 4.78 is 6.56. The lowest BCUT2D eigenvalue weighted by molar-refractivity contribution is 0.0726. The molecule has 0 radical (unpaired) electrons. The van der Waals surface area contributed by atoms with Crippen LogP contribution in [0, 0.1) is 5.92 Å². The van der Waals surface area contributed by atoms with E-state index in [-0.39, 0.29) is 12.6 Å². The maximum atomic E-state index is 9.57. The topological polar surface area (TPSA) is 44.7 Å². The molecule has 0 saturated carbocycles. The number of ether oxygens (including phenoxy) is 1. The van der Waals surface area contributed by atoms with E-state index in [1.165, 1.54) is 11.3 Å². The van der Waals surface area contributed by atoms with Gasteiger partial charge in [0, 0.05) is 23.2 Å². The van der Waals surface area contributed by atoms with Crippen molar-refractivity contribution in [2.75, 3.05) is 37.8 Å². The summed E-state index contributed by atoms with van der Waals surface area (Å²) in [5.74, 6) is 0.633. The summed E-state index contributed by atoms with van der Waals surface area (Å²) in [6, 6.07) is 6.39. The van der Waals surface area contributed by atoms with Crippen molar-refractivity contribution in [2.45, 2.75) is 26.4 Å². The van der Waals surface area contributed by atoms with Crippen molar-refractivity contribution < 1.29 is 9.84 Å². The minimum absolute atomic E-state index is 0.0452. The average Bonchev–Trinajstić information content (AvgIpc) is 2.47. The van der Waals surface area contributed by atoms with Gasteiger partial charge in [-0.3, -0.25) is 0 Å². The van der Waals surface area contributed by atoms with Crippen molar-refractivity contribution in [3.63, 3.8) is 0 Å². The molecule has 0 bridgehead atoms. The highest BCUT2D eigenvalue weighted by atomic mass is 79.9. The van der Waals surface area contributed by atoms with E-state index >= 15 is 0 Å². The Morgan fingerprint density at radius 1 is 1.48 bits per heavy atom. The molecule has 4 nitrogen and oxygen atoms in total. The molecule has 2 rings (SSSR count). The number of hydrogen-bond acceptors (Lipinski definition) is 4. The lowest BCUT2D eigenvalue weighted by Crippen LogP contribution is -2.48. The molecule has 1 fully saturated rings. The number of halogens is 1. The molecule has 1 aromatic rings. The lowest BCUT2D eigenvalue weighted by Gasteiger charge is -2.37. The number of aliphatic hydroxyl groups excluding tert-OH is 1. The normalized spacial score (nSPS) is 19.3. The Morgan fingerprint density at radius 3 is 3.00 bits per heavy atom. The molecule has 1 aromatic carbocycles. The van der Waals surface area contributed by atoms with Crippen molar-refractivity contribution in [2.24, 2.45) is 5.92 Å². The van der Waals surface area contributed by atoms with E-state index in [2.05, 4.69) is 58.2 Å². The molecule has 0 aromatic heterocycles. The Balaban J connectivity index is 2.16. The Labute approximate surface area is 135 Å². The van der Waals surface area contributed by atoms with Gasteiger partial charge in [-0.25, -0.2) is 0 Å². The minimum Gasteiger partial charge on any atom is -0.394 e. The van der Waals surface area contributed by atoms with E-state index in [9.17, 15) is 5.11 Å². The van der Waals surface area contributed by atoms with Crippen molar-refractivity contribution in [3.05, 3.63) is 28.2 Å². The van der Waals surface area contributed by atoms with Gasteiger partial charge >= 0.3 is 0 Å². The molecule has 1 unspecified atom stereocenters. The molecule has 5 heteroatoms.